The summed E-state index contributed by atoms with van der Waals surface area (Å²) in [6.07, 6.45) is 1.63. The van der Waals surface area contributed by atoms with E-state index >= 15 is 0 Å². The van der Waals surface area contributed by atoms with E-state index in [0.29, 0.717) is 39.6 Å². The monoisotopic (exact) mass is 474 g/mol. The Balaban J connectivity index is 1.60. The minimum Gasteiger partial charge on any atom is -0.466 e. The molecular formula is C24H23FN8O2. The lowest BCUT2D eigenvalue weighted by Gasteiger charge is -2.12. The van der Waals surface area contributed by atoms with Crippen LogP contribution in [0.3, 0.4) is 0 Å². The molecular weight excluding hydrogens is 451 g/mol. The second-order valence-electron chi connectivity index (χ2n) is 8.56. The largest absolute Gasteiger partial charge is 0.466 e. The number of hydrogen-bond donors (Lipinski definition) is 1. The van der Waals surface area contributed by atoms with Crippen LogP contribution in [0.15, 0.2) is 40.9 Å². The number of tetrazole rings is 1. The van der Waals surface area contributed by atoms with E-state index in [4.69, 9.17) is 9.40 Å². The first-order valence-corrected chi connectivity index (χ1v) is 11.0. The molecule has 1 N–H and O–H groups in total. The average Bonchev–Trinajstić information content (AvgIpc) is 3.52. The molecule has 0 aliphatic rings. The Bertz CT molecular complexity index is 1580. The highest BCUT2D eigenvalue weighted by atomic mass is 19.1. The van der Waals surface area contributed by atoms with E-state index in [0.717, 1.165) is 11.3 Å². The van der Waals surface area contributed by atoms with Crippen LogP contribution in [0.1, 0.15) is 47.6 Å². The van der Waals surface area contributed by atoms with Crippen molar-refractivity contribution in [1.82, 2.24) is 35.0 Å². The van der Waals surface area contributed by atoms with Crippen LogP contribution in [0.2, 0.25) is 0 Å². The van der Waals surface area contributed by atoms with Crippen LogP contribution >= 0.6 is 0 Å². The van der Waals surface area contributed by atoms with E-state index in [-0.39, 0.29) is 17.6 Å². The maximum Gasteiger partial charge on any atom is 0.256 e. The topological polar surface area (TPSA) is 117 Å². The van der Waals surface area contributed by atoms with Gasteiger partial charge in [0.1, 0.15) is 23.0 Å². The molecule has 0 saturated heterocycles. The van der Waals surface area contributed by atoms with Gasteiger partial charge in [-0.3, -0.25) is 4.79 Å². The molecule has 0 radical (unpaired) electrons. The molecule has 0 spiro atoms. The van der Waals surface area contributed by atoms with E-state index in [1.54, 1.807) is 23.9 Å². The van der Waals surface area contributed by atoms with Gasteiger partial charge in [-0.1, -0.05) is 0 Å². The van der Waals surface area contributed by atoms with Gasteiger partial charge in [0, 0.05) is 17.3 Å². The number of rotatable bonds is 5. The Morgan fingerprint density at radius 1 is 1.14 bits per heavy atom. The lowest BCUT2D eigenvalue weighted by molar-refractivity contribution is 0.102. The summed E-state index contributed by atoms with van der Waals surface area (Å²) < 4.78 is 23.2. The quantitative estimate of drug-likeness (QED) is 0.397. The predicted octanol–water partition coefficient (Wildman–Crippen LogP) is 4.56. The number of aryl methyl sites for hydroxylation is 3. The molecule has 11 heteroatoms. The molecule has 5 rings (SSSR count). The van der Waals surface area contributed by atoms with Crippen molar-refractivity contribution in [3.05, 3.63) is 65.3 Å². The molecule has 4 heterocycles. The van der Waals surface area contributed by atoms with Crippen molar-refractivity contribution < 1.29 is 13.6 Å². The van der Waals surface area contributed by atoms with Gasteiger partial charge in [0.05, 0.1) is 22.8 Å². The minimum absolute atomic E-state index is 0.0394. The Kier molecular flexibility index (Phi) is 5.39. The van der Waals surface area contributed by atoms with Gasteiger partial charge >= 0.3 is 0 Å². The van der Waals surface area contributed by atoms with Crippen molar-refractivity contribution in [3.63, 3.8) is 0 Å². The third-order valence-electron chi connectivity index (χ3n) is 5.68. The number of nitrogens with zero attached hydrogens (tertiary/aromatic N) is 7. The Morgan fingerprint density at radius 2 is 1.94 bits per heavy atom. The zero-order valence-corrected chi connectivity index (χ0v) is 19.9. The van der Waals surface area contributed by atoms with E-state index in [9.17, 15) is 9.18 Å². The molecule has 10 nitrogen and oxygen atoms in total. The summed E-state index contributed by atoms with van der Waals surface area (Å²) in [5.74, 6) is 0.970. The first-order chi connectivity index (χ1) is 16.7. The van der Waals surface area contributed by atoms with Crippen molar-refractivity contribution in [2.75, 3.05) is 5.32 Å². The number of nitrogens with one attached hydrogen (secondary N) is 1. The maximum absolute atomic E-state index is 14.5. The van der Waals surface area contributed by atoms with Gasteiger partial charge in [-0.15, -0.1) is 5.10 Å². The number of amides is 1. The van der Waals surface area contributed by atoms with Gasteiger partial charge in [0.15, 0.2) is 11.5 Å². The molecule has 0 fully saturated rings. The number of fused-ring (bicyclic) bond motifs is 1. The zero-order chi connectivity index (χ0) is 24.9. The van der Waals surface area contributed by atoms with Gasteiger partial charge in [-0.2, -0.15) is 9.78 Å². The third kappa shape index (κ3) is 3.94. The number of pyridine rings is 1. The number of anilines is 1. The van der Waals surface area contributed by atoms with Crippen molar-refractivity contribution in [3.8, 4) is 16.9 Å². The smallest absolute Gasteiger partial charge is 0.256 e. The van der Waals surface area contributed by atoms with E-state index in [1.165, 1.54) is 22.9 Å². The fourth-order valence-corrected chi connectivity index (χ4v) is 4.01. The van der Waals surface area contributed by atoms with Gasteiger partial charge in [-0.25, -0.2) is 14.1 Å². The van der Waals surface area contributed by atoms with Gasteiger partial charge in [0.2, 0.25) is 0 Å². The number of carbonyl (C=O) groups excluding carboxylic acids is 1. The van der Waals surface area contributed by atoms with Crippen molar-refractivity contribution in [1.29, 1.82) is 0 Å². The lowest BCUT2D eigenvalue weighted by atomic mass is 10.1. The molecule has 0 atom stereocenters. The Morgan fingerprint density at radius 3 is 2.60 bits per heavy atom. The molecule has 0 aliphatic carbocycles. The highest BCUT2D eigenvalue weighted by Crippen LogP contribution is 2.30. The first-order valence-electron chi connectivity index (χ1n) is 11.0. The van der Waals surface area contributed by atoms with E-state index in [1.807, 2.05) is 33.8 Å². The van der Waals surface area contributed by atoms with Crippen LogP contribution in [-0.2, 0) is 0 Å². The summed E-state index contributed by atoms with van der Waals surface area (Å²) in [7, 11) is 0. The molecule has 1 aromatic carbocycles. The van der Waals surface area contributed by atoms with E-state index < -0.39 is 5.82 Å². The van der Waals surface area contributed by atoms with Crippen molar-refractivity contribution in [2.24, 2.45) is 0 Å². The molecule has 35 heavy (non-hydrogen) atoms. The molecule has 0 unspecified atom stereocenters. The summed E-state index contributed by atoms with van der Waals surface area (Å²) in [6.45, 7) is 9.36. The van der Waals surface area contributed by atoms with Crippen molar-refractivity contribution >= 4 is 22.6 Å². The lowest BCUT2D eigenvalue weighted by Crippen LogP contribution is -2.14. The standard InChI is InChI=1S/C24H23FN8O2/c1-12(2)32-23-19(11-26-32)18(10-21(28-23)17-8-13(3)35-14(17)4)24(34)27-16-6-7-20(25)22(9-16)33-15(5)29-30-31-33/h6-12H,1-5H3,(H,27,34). The fourth-order valence-electron chi connectivity index (χ4n) is 4.01. The SMILES string of the molecule is Cc1cc(-c2cc(C(=O)Nc3ccc(F)c(-n4nnnc4C)c3)c3cnn(C(C)C)c3n2)c(C)o1. The minimum atomic E-state index is -0.518. The number of aromatic nitrogens is 7. The second-order valence-corrected chi connectivity index (χ2v) is 8.56. The van der Waals surface area contributed by atoms with Crippen LogP contribution < -0.4 is 5.32 Å². The number of carbonyl (C=O) groups is 1. The number of halogens is 1. The first kappa shape index (κ1) is 22.4. The summed E-state index contributed by atoms with van der Waals surface area (Å²) in [4.78, 5) is 18.3. The third-order valence-corrected chi connectivity index (χ3v) is 5.68. The Labute approximate surface area is 199 Å². The molecule has 0 bridgehead atoms. The van der Waals surface area contributed by atoms with Crippen LogP contribution in [0.4, 0.5) is 10.1 Å². The zero-order valence-electron chi connectivity index (χ0n) is 19.9. The number of furan rings is 1. The number of hydrogen-bond acceptors (Lipinski definition) is 7. The highest BCUT2D eigenvalue weighted by Gasteiger charge is 2.21. The average molecular weight is 475 g/mol. The van der Waals surface area contributed by atoms with Crippen molar-refractivity contribution in [2.45, 2.75) is 40.7 Å². The molecule has 178 valence electrons. The summed E-state index contributed by atoms with van der Waals surface area (Å²) in [6, 6.07) is 7.87. The van der Waals surface area contributed by atoms with Crippen LogP contribution in [0.25, 0.3) is 28.0 Å². The summed E-state index contributed by atoms with van der Waals surface area (Å²) in [5.41, 5.74) is 2.89. The molecule has 0 saturated carbocycles. The second kappa shape index (κ2) is 8.42. The maximum atomic E-state index is 14.5. The van der Waals surface area contributed by atoms with Crippen LogP contribution in [-0.4, -0.2) is 40.9 Å². The molecule has 0 aliphatic heterocycles. The molecule has 5 aromatic rings. The highest BCUT2D eigenvalue weighted by molar-refractivity contribution is 6.12. The van der Waals surface area contributed by atoms with Crippen LogP contribution in [0.5, 0.6) is 0 Å². The normalized spacial score (nSPS) is 11.5. The summed E-state index contributed by atoms with van der Waals surface area (Å²) in [5, 5.41) is 19.1. The summed E-state index contributed by atoms with van der Waals surface area (Å²) >= 11 is 0. The number of benzene rings is 1. The fraction of sp³-hybridized carbons (Fsp3) is 0.250. The molecule has 1 amide bonds. The van der Waals surface area contributed by atoms with Gasteiger partial charge in [-0.05, 0) is 75.4 Å². The Hall–Kier alpha value is -4.41. The van der Waals surface area contributed by atoms with E-state index in [2.05, 4.69) is 25.9 Å². The van der Waals surface area contributed by atoms with Gasteiger partial charge in [0.25, 0.3) is 5.91 Å². The molecule has 4 aromatic heterocycles. The van der Waals surface area contributed by atoms with Gasteiger partial charge < -0.3 is 9.73 Å². The van der Waals surface area contributed by atoms with Crippen LogP contribution in [0, 0.1) is 26.6 Å². The predicted molar refractivity (Wildman–Crippen MR) is 127 cm³/mol.